The number of alkyl halides is 1. The van der Waals surface area contributed by atoms with Crippen molar-refractivity contribution in [2.75, 3.05) is 4.95 Å². The van der Waals surface area contributed by atoms with Gasteiger partial charge in [-0.05, 0) is 61.9 Å². The zero-order valence-electron chi connectivity index (χ0n) is 12.1. The molecule has 5 atom stereocenters. The first-order valence-electron chi connectivity index (χ1n) is 7.53. The Morgan fingerprint density at radius 2 is 2.00 bits per heavy atom. The average Bonchev–Trinajstić information content (AvgIpc) is 3.05. The van der Waals surface area contributed by atoms with Crippen molar-refractivity contribution >= 4 is 24.2 Å². The number of halogens is 1. The molecule has 0 bridgehead atoms. The van der Waals surface area contributed by atoms with Gasteiger partial charge in [0.1, 0.15) is 0 Å². The Morgan fingerprint density at radius 1 is 1.28 bits per heavy atom. The van der Waals surface area contributed by atoms with Crippen LogP contribution in [0.5, 0.6) is 0 Å². The van der Waals surface area contributed by atoms with Crippen LogP contribution < -0.4 is 0 Å². The predicted molar refractivity (Wildman–Crippen MR) is 80.2 cm³/mol. The van der Waals surface area contributed by atoms with Crippen LogP contribution in [0.4, 0.5) is 0 Å². The third-order valence-electron chi connectivity index (χ3n) is 6.51. The van der Waals surface area contributed by atoms with E-state index in [1.165, 1.54) is 25.7 Å². The first-order valence-corrected chi connectivity index (χ1v) is 11.8. The van der Waals surface area contributed by atoms with Gasteiger partial charge in [0.15, 0.2) is 8.32 Å². The molecule has 0 heterocycles. The van der Waals surface area contributed by atoms with E-state index in [0.29, 0.717) is 10.8 Å². The molecule has 4 aliphatic rings. The third kappa shape index (κ3) is 1.27. The maximum atomic E-state index is 6.93. The summed E-state index contributed by atoms with van der Waals surface area (Å²) in [5.74, 6) is 3.05. The zero-order chi connectivity index (χ0) is 13.0. The second-order valence-electron chi connectivity index (χ2n) is 8.76. The van der Waals surface area contributed by atoms with Gasteiger partial charge in [-0.15, -0.1) is 0 Å². The maximum absolute atomic E-state index is 6.93. The second kappa shape index (κ2) is 3.12. The fraction of sp³-hybridized carbons (Fsp3) is 1.00. The number of hydrogen-bond donors (Lipinski definition) is 0. The van der Waals surface area contributed by atoms with Crippen LogP contribution in [0, 0.1) is 28.6 Å². The van der Waals surface area contributed by atoms with Crippen LogP contribution in [0.25, 0.3) is 0 Å². The van der Waals surface area contributed by atoms with Crippen molar-refractivity contribution in [3.05, 3.63) is 0 Å². The predicted octanol–water partition coefficient (Wildman–Crippen LogP) is 4.36. The molecule has 0 aromatic heterocycles. The highest BCUT2D eigenvalue weighted by Gasteiger charge is 2.86. The van der Waals surface area contributed by atoms with Crippen LogP contribution in [0.2, 0.25) is 13.1 Å². The van der Waals surface area contributed by atoms with Gasteiger partial charge in [-0.2, -0.15) is 0 Å². The second-order valence-corrected chi connectivity index (χ2v) is 14.4. The summed E-state index contributed by atoms with van der Waals surface area (Å²) >= 11 is 3.69. The largest absolute Gasteiger partial charge is 0.410 e. The molecule has 0 amide bonds. The molecule has 1 unspecified atom stereocenters. The summed E-state index contributed by atoms with van der Waals surface area (Å²) in [6.45, 7) is 9.76. The summed E-state index contributed by atoms with van der Waals surface area (Å²) in [5.41, 5.74) is 1.45. The molecular formula is C15H25BrOSi. The van der Waals surface area contributed by atoms with Crippen molar-refractivity contribution in [3.63, 3.8) is 0 Å². The first-order chi connectivity index (χ1) is 8.26. The van der Waals surface area contributed by atoms with Gasteiger partial charge in [0.05, 0.1) is 5.60 Å². The van der Waals surface area contributed by atoms with Crippen LogP contribution in [-0.4, -0.2) is 18.9 Å². The summed E-state index contributed by atoms with van der Waals surface area (Å²) in [7, 11) is -1.51. The van der Waals surface area contributed by atoms with Gasteiger partial charge in [-0.3, -0.25) is 0 Å². The molecule has 4 fully saturated rings. The van der Waals surface area contributed by atoms with Gasteiger partial charge in [-0.1, -0.05) is 29.8 Å². The summed E-state index contributed by atoms with van der Waals surface area (Å²) in [4.78, 5) is 1.08. The fourth-order valence-corrected chi connectivity index (χ4v) is 7.85. The zero-order valence-corrected chi connectivity index (χ0v) is 14.6. The number of fused-ring (bicyclic) bond motifs is 1. The molecule has 0 saturated heterocycles. The van der Waals surface area contributed by atoms with E-state index in [9.17, 15) is 0 Å². The van der Waals surface area contributed by atoms with Crippen LogP contribution >= 0.6 is 15.9 Å². The van der Waals surface area contributed by atoms with Gasteiger partial charge < -0.3 is 4.43 Å². The third-order valence-corrected chi connectivity index (χ3v) is 12.1. The molecule has 1 spiro atoms. The number of rotatable bonds is 3. The molecule has 4 aliphatic carbocycles. The molecule has 18 heavy (non-hydrogen) atoms. The van der Waals surface area contributed by atoms with E-state index in [1.54, 1.807) is 0 Å². The molecule has 0 aromatic rings. The summed E-state index contributed by atoms with van der Waals surface area (Å²) < 4.78 is 6.93. The normalized spacial score (nSPS) is 54.8. The lowest BCUT2D eigenvalue weighted by Gasteiger charge is -2.42. The smallest absolute Gasteiger partial charge is 0.197 e. The van der Waals surface area contributed by atoms with Crippen molar-refractivity contribution in [1.29, 1.82) is 0 Å². The standard InChI is InChI=1S/C15H25BrOSi/c1-13(2)8-14(17-18(3,4)9-16)6-10-5-11(10)15(14)7-12(13)15/h10-12H,5-9H2,1-4H3/t10-,11-,12-,14+,15?/m0/s1. The Morgan fingerprint density at radius 3 is 2.61 bits per heavy atom. The fourth-order valence-electron chi connectivity index (χ4n) is 6.05. The van der Waals surface area contributed by atoms with Gasteiger partial charge in [0.25, 0.3) is 0 Å². The highest BCUT2D eigenvalue weighted by atomic mass is 79.9. The first kappa shape index (κ1) is 12.4. The molecule has 102 valence electrons. The minimum Gasteiger partial charge on any atom is -0.410 e. The lowest BCUT2D eigenvalue weighted by Crippen LogP contribution is -2.49. The molecule has 0 radical (unpaired) electrons. The molecule has 0 aliphatic heterocycles. The van der Waals surface area contributed by atoms with Crippen molar-refractivity contribution < 1.29 is 4.43 Å². The Kier molecular flexibility index (Phi) is 2.15. The van der Waals surface area contributed by atoms with Crippen molar-refractivity contribution in [2.45, 2.75) is 58.2 Å². The van der Waals surface area contributed by atoms with Gasteiger partial charge in [-0.25, -0.2) is 0 Å². The molecule has 0 N–H and O–H groups in total. The lowest BCUT2D eigenvalue weighted by atomic mass is 9.80. The van der Waals surface area contributed by atoms with Gasteiger partial charge >= 0.3 is 0 Å². The Balaban J connectivity index is 1.71. The summed E-state index contributed by atoms with van der Waals surface area (Å²) in [5, 5.41) is 0. The average molecular weight is 329 g/mol. The van der Waals surface area contributed by atoms with Gasteiger partial charge in [0, 0.05) is 10.4 Å². The van der Waals surface area contributed by atoms with Gasteiger partial charge in [0.2, 0.25) is 0 Å². The minimum absolute atomic E-state index is 0.290. The SMILES string of the molecule is CC1(C)C[C@]2(O[Si](C)(C)CBr)C[C@@H]3C[C@@H]3C23C[C@@H]13. The molecule has 3 heteroatoms. The van der Waals surface area contributed by atoms with E-state index in [1.807, 2.05) is 0 Å². The summed E-state index contributed by atoms with van der Waals surface area (Å²) in [6.07, 6.45) is 5.73. The van der Waals surface area contributed by atoms with E-state index < -0.39 is 8.32 Å². The van der Waals surface area contributed by atoms with E-state index in [0.717, 1.165) is 22.7 Å². The van der Waals surface area contributed by atoms with Crippen molar-refractivity contribution in [3.8, 4) is 0 Å². The highest BCUT2D eigenvalue weighted by molar-refractivity contribution is 9.09. The van der Waals surface area contributed by atoms with Crippen LogP contribution in [0.1, 0.15) is 39.5 Å². The van der Waals surface area contributed by atoms with E-state index >= 15 is 0 Å². The minimum atomic E-state index is -1.51. The Bertz CT molecular complexity index is 421. The molecule has 4 saturated carbocycles. The molecule has 1 nitrogen and oxygen atoms in total. The Labute approximate surface area is 120 Å². The van der Waals surface area contributed by atoms with E-state index in [-0.39, 0.29) is 5.60 Å². The van der Waals surface area contributed by atoms with Crippen LogP contribution in [-0.2, 0) is 4.43 Å². The highest BCUT2D eigenvalue weighted by Crippen LogP contribution is 2.89. The molecule has 4 rings (SSSR count). The molecule has 0 aromatic carbocycles. The summed E-state index contributed by atoms with van der Waals surface area (Å²) in [6, 6.07) is 0. The molecular weight excluding hydrogens is 304 g/mol. The lowest BCUT2D eigenvalue weighted by molar-refractivity contribution is -0.00691. The monoisotopic (exact) mass is 328 g/mol. The maximum Gasteiger partial charge on any atom is 0.197 e. The van der Waals surface area contributed by atoms with Crippen LogP contribution in [0.15, 0.2) is 0 Å². The topological polar surface area (TPSA) is 9.23 Å². The Hall–Kier alpha value is 0.657. The quantitative estimate of drug-likeness (QED) is 0.552. The van der Waals surface area contributed by atoms with E-state index in [4.69, 9.17) is 4.43 Å². The van der Waals surface area contributed by atoms with Crippen molar-refractivity contribution in [2.24, 2.45) is 28.6 Å². The van der Waals surface area contributed by atoms with E-state index in [2.05, 4.69) is 42.9 Å². The number of hydrogen-bond acceptors (Lipinski definition) is 1. The van der Waals surface area contributed by atoms with Crippen molar-refractivity contribution in [1.82, 2.24) is 0 Å². The van der Waals surface area contributed by atoms with Crippen LogP contribution in [0.3, 0.4) is 0 Å².